The quantitative estimate of drug-likeness (QED) is 0.905. The summed E-state index contributed by atoms with van der Waals surface area (Å²) in [5.41, 5.74) is 3.33. The van der Waals surface area contributed by atoms with Gasteiger partial charge in [0, 0.05) is 36.6 Å². The number of amides is 1. The van der Waals surface area contributed by atoms with Crippen LogP contribution in [0.5, 0.6) is 0 Å². The monoisotopic (exact) mass is 365 g/mol. The van der Waals surface area contributed by atoms with Gasteiger partial charge in [0.05, 0.1) is 12.1 Å². The number of carbonyl (C=O) groups is 1. The summed E-state index contributed by atoms with van der Waals surface area (Å²) in [7, 11) is 0. The van der Waals surface area contributed by atoms with E-state index < -0.39 is 0 Å². The summed E-state index contributed by atoms with van der Waals surface area (Å²) in [4.78, 5) is 19.1. The van der Waals surface area contributed by atoms with Crippen molar-refractivity contribution < 1.29 is 4.79 Å². The molecular formula is C18H24ClN3OS. The number of carbonyl (C=O) groups excluding carboxylic acids is 1. The lowest BCUT2D eigenvalue weighted by molar-refractivity contribution is -0.133. The molecule has 6 heteroatoms. The van der Waals surface area contributed by atoms with Crippen molar-refractivity contribution in [2.24, 2.45) is 0 Å². The van der Waals surface area contributed by atoms with Crippen LogP contribution in [-0.4, -0.2) is 41.5 Å². The standard InChI is InChI=1S/C18H23N3OS.ClH/c1-3-14-4-6-15(7-5-14)18-20-16(12-23-18)10-17(22)21-9-8-19-11-13(21)2;/h4-7,12-13,19H,3,8-11H2,1-2H3;1H. The van der Waals surface area contributed by atoms with Gasteiger partial charge in [-0.3, -0.25) is 4.79 Å². The van der Waals surface area contributed by atoms with Crippen molar-refractivity contribution in [3.8, 4) is 10.6 Å². The van der Waals surface area contributed by atoms with Gasteiger partial charge in [-0.25, -0.2) is 4.98 Å². The summed E-state index contributed by atoms with van der Waals surface area (Å²) in [6.45, 7) is 6.78. The van der Waals surface area contributed by atoms with Crippen LogP contribution >= 0.6 is 23.7 Å². The molecule has 0 bridgehead atoms. The Kier molecular flexibility index (Phi) is 6.78. The molecule has 1 atom stereocenters. The van der Waals surface area contributed by atoms with Crippen LogP contribution in [0.4, 0.5) is 0 Å². The zero-order valence-electron chi connectivity index (χ0n) is 14.1. The molecule has 1 fully saturated rings. The fraction of sp³-hybridized carbons (Fsp3) is 0.444. The lowest BCUT2D eigenvalue weighted by Crippen LogP contribution is -2.52. The number of rotatable bonds is 4. The van der Waals surface area contributed by atoms with Gasteiger partial charge in [0.1, 0.15) is 5.01 Å². The SMILES string of the molecule is CCc1ccc(-c2nc(CC(=O)N3CCNCC3C)cs2)cc1.Cl. The summed E-state index contributed by atoms with van der Waals surface area (Å²) in [6, 6.07) is 8.77. The van der Waals surface area contributed by atoms with Crippen molar-refractivity contribution in [1.82, 2.24) is 15.2 Å². The van der Waals surface area contributed by atoms with Gasteiger partial charge in [0.25, 0.3) is 0 Å². The lowest BCUT2D eigenvalue weighted by atomic mass is 10.1. The van der Waals surface area contributed by atoms with Crippen LogP contribution in [0.1, 0.15) is 25.1 Å². The van der Waals surface area contributed by atoms with Crippen LogP contribution in [0.2, 0.25) is 0 Å². The summed E-state index contributed by atoms with van der Waals surface area (Å²) in [6.07, 6.45) is 1.44. The molecule has 1 aliphatic rings. The van der Waals surface area contributed by atoms with E-state index in [0.717, 1.165) is 42.3 Å². The van der Waals surface area contributed by atoms with Crippen LogP contribution in [0.25, 0.3) is 10.6 Å². The minimum Gasteiger partial charge on any atom is -0.337 e. The van der Waals surface area contributed by atoms with Crippen LogP contribution in [0, 0.1) is 0 Å². The van der Waals surface area contributed by atoms with Gasteiger partial charge in [-0.1, -0.05) is 31.2 Å². The molecule has 0 saturated carbocycles. The molecule has 0 aliphatic carbocycles. The Morgan fingerprint density at radius 2 is 2.12 bits per heavy atom. The van der Waals surface area contributed by atoms with Gasteiger partial charge in [0.15, 0.2) is 0 Å². The molecule has 1 aromatic carbocycles. The highest BCUT2D eigenvalue weighted by molar-refractivity contribution is 7.13. The number of thiazole rings is 1. The number of aryl methyl sites for hydroxylation is 1. The minimum atomic E-state index is 0. The van der Waals surface area contributed by atoms with Crippen molar-refractivity contribution in [2.75, 3.05) is 19.6 Å². The molecule has 1 aliphatic heterocycles. The molecule has 3 rings (SSSR count). The first-order chi connectivity index (χ1) is 11.2. The van der Waals surface area contributed by atoms with Gasteiger partial charge < -0.3 is 10.2 Å². The molecule has 2 heterocycles. The number of piperazine rings is 1. The van der Waals surface area contributed by atoms with Gasteiger partial charge >= 0.3 is 0 Å². The second kappa shape index (κ2) is 8.60. The van der Waals surface area contributed by atoms with E-state index in [1.165, 1.54) is 5.56 Å². The zero-order chi connectivity index (χ0) is 16.2. The average Bonchev–Trinajstić information content (AvgIpc) is 3.03. The topological polar surface area (TPSA) is 45.2 Å². The van der Waals surface area contributed by atoms with Gasteiger partial charge in [-0.15, -0.1) is 23.7 Å². The molecule has 1 N–H and O–H groups in total. The average molecular weight is 366 g/mol. The summed E-state index contributed by atoms with van der Waals surface area (Å²) in [5, 5.41) is 6.31. The molecule has 130 valence electrons. The predicted molar refractivity (Wildman–Crippen MR) is 102 cm³/mol. The molecule has 24 heavy (non-hydrogen) atoms. The van der Waals surface area contributed by atoms with Crippen molar-refractivity contribution in [3.05, 3.63) is 40.9 Å². The molecular weight excluding hydrogens is 342 g/mol. The molecule has 1 amide bonds. The Labute approximate surface area is 153 Å². The Hall–Kier alpha value is -1.43. The molecule has 0 spiro atoms. The molecule has 1 saturated heterocycles. The first kappa shape index (κ1) is 18.9. The third-order valence-corrected chi connectivity index (χ3v) is 5.26. The van der Waals surface area contributed by atoms with Crippen LogP contribution < -0.4 is 5.32 Å². The maximum Gasteiger partial charge on any atom is 0.228 e. The van der Waals surface area contributed by atoms with Gasteiger partial charge in [0.2, 0.25) is 5.91 Å². The Balaban J connectivity index is 0.00000208. The fourth-order valence-electron chi connectivity index (χ4n) is 2.87. The van der Waals surface area contributed by atoms with Crippen LogP contribution in [0.15, 0.2) is 29.6 Å². The van der Waals surface area contributed by atoms with Crippen LogP contribution in [0.3, 0.4) is 0 Å². The number of hydrogen-bond acceptors (Lipinski definition) is 4. The first-order valence-electron chi connectivity index (χ1n) is 8.21. The van der Waals surface area contributed by atoms with E-state index in [-0.39, 0.29) is 24.4 Å². The number of hydrogen-bond donors (Lipinski definition) is 1. The van der Waals surface area contributed by atoms with E-state index in [9.17, 15) is 4.79 Å². The normalized spacial score (nSPS) is 17.4. The summed E-state index contributed by atoms with van der Waals surface area (Å²) in [5.74, 6) is 0.178. The molecule has 1 aromatic heterocycles. The van der Waals surface area contributed by atoms with Gasteiger partial charge in [-0.2, -0.15) is 0 Å². The number of benzene rings is 1. The van der Waals surface area contributed by atoms with Crippen molar-refractivity contribution >= 4 is 29.7 Å². The van der Waals surface area contributed by atoms with Crippen molar-refractivity contribution in [2.45, 2.75) is 32.7 Å². The zero-order valence-corrected chi connectivity index (χ0v) is 15.8. The van der Waals surface area contributed by atoms with E-state index in [1.54, 1.807) is 11.3 Å². The van der Waals surface area contributed by atoms with E-state index in [0.29, 0.717) is 6.42 Å². The maximum absolute atomic E-state index is 12.5. The molecule has 1 unspecified atom stereocenters. The second-order valence-electron chi connectivity index (χ2n) is 6.01. The van der Waals surface area contributed by atoms with Crippen molar-refractivity contribution in [3.63, 3.8) is 0 Å². The summed E-state index contributed by atoms with van der Waals surface area (Å²) < 4.78 is 0. The van der Waals surface area contributed by atoms with E-state index in [4.69, 9.17) is 0 Å². The molecule has 2 aromatic rings. The third-order valence-electron chi connectivity index (χ3n) is 4.31. The largest absolute Gasteiger partial charge is 0.337 e. The highest BCUT2D eigenvalue weighted by atomic mass is 35.5. The Morgan fingerprint density at radius 3 is 2.79 bits per heavy atom. The fourth-order valence-corrected chi connectivity index (χ4v) is 3.70. The number of halogens is 1. The molecule has 4 nitrogen and oxygen atoms in total. The van der Waals surface area contributed by atoms with E-state index in [2.05, 4.69) is 48.4 Å². The third kappa shape index (κ3) is 4.35. The Morgan fingerprint density at radius 1 is 1.38 bits per heavy atom. The highest BCUT2D eigenvalue weighted by Crippen LogP contribution is 2.24. The van der Waals surface area contributed by atoms with Crippen LogP contribution in [-0.2, 0) is 17.6 Å². The second-order valence-corrected chi connectivity index (χ2v) is 6.87. The van der Waals surface area contributed by atoms with Gasteiger partial charge in [-0.05, 0) is 18.9 Å². The maximum atomic E-state index is 12.5. The first-order valence-corrected chi connectivity index (χ1v) is 9.09. The minimum absolute atomic E-state index is 0. The summed E-state index contributed by atoms with van der Waals surface area (Å²) >= 11 is 1.61. The Bertz CT molecular complexity index is 671. The van der Waals surface area contributed by atoms with E-state index >= 15 is 0 Å². The molecule has 0 radical (unpaired) electrons. The number of nitrogens with one attached hydrogen (secondary N) is 1. The van der Waals surface area contributed by atoms with Crippen molar-refractivity contribution in [1.29, 1.82) is 0 Å². The smallest absolute Gasteiger partial charge is 0.228 e. The number of aromatic nitrogens is 1. The highest BCUT2D eigenvalue weighted by Gasteiger charge is 2.23. The lowest BCUT2D eigenvalue weighted by Gasteiger charge is -2.33. The predicted octanol–water partition coefficient (Wildman–Crippen LogP) is 3.16. The van der Waals surface area contributed by atoms with E-state index in [1.807, 2.05) is 10.3 Å². The number of nitrogens with zero attached hydrogens (tertiary/aromatic N) is 2.